The van der Waals surface area contributed by atoms with Gasteiger partial charge in [0.15, 0.2) is 0 Å². The molecule has 3 aliphatic rings. The maximum atomic E-state index is 12.9. The molecule has 3 saturated heterocycles. The molecule has 0 radical (unpaired) electrons. The van der Waals surface area contributed by atoms with Gasteiger partial charge in [-0.3, -0.25) is 9.69 Å². The highest BCUT2D eigenvalue weighted by Gasteiger charge is 2.50. The molecule has 30 heavy (non-hydrogen) atoms. The topological polar surface area (TPSA) is 38.8 Å². The first-order valence-corrected chi connectivity index (χ1v) is 11.4. The van der Waals surface area contributed by atoms with Gasteiger partial charge in [0.1, 0.15) is 5.54 Å². The van der Waals surface area contributed by atoms with E-state index in [1.165, 1.54) is 18.4 Å². The fraction of sp³-hybridized carbons (Fsp3) is 0.480. The number of nitrogens with one attached hydrogen (secondary N) is 1. The first kappa shape index (κ1) is 19.6. The SMILES string of the molecule is O=C1NCN(c2ccccc2)C12CCN(C1CCN(Cc3ccccc3)CC1)CC2. The number of hydrogen-bond acceptors (Lipinski definition) is 4. The Hall–Kier alpha value is -2.37. The van der Waals surface area contributed by atoms with Crippen LogP contribution in [0.25, 0.3) is 0 Å². The van der Waals surface area contributed by atoms with Gasteiger partial charge in [-0.2, -0.15) is 0 Å². The number of benzene rings is 2. The van der Waals surface area contributed by atoms with Crippen molar-refractivity contribution in [1.82, 2.24) is 15.1 Å². The van der Waals surface area contributed by atoms with Crippen LogP contribution in [0.2, 0.25) is 0 Å². The highest BCUT2D eigenvalue weighted by Crippen LogP contribution is 2.37. The summed E-state index contributed by atoms with van der Waals surface area (Å²) in [6.07, 6.45) is 4.29. The minimum absolute atomic E-state index is 0.212. The van der Waals surface area contributed by atoms with Crippen molar-refractivity contribution in [3.63, 3.8) is 0 Å². The standard InChI is InChI=1S/C25H32N4O/c30-24-25(29(20-26-24)23-9-5-2-6-10-23)13-17-28(18-14-25)22-11-15-27(16-12-22)19-21-7-3-1-4-8-21/h1-10,22H,11-20H2,(H,26,30). The summed E-state index contributed by atoms with van der Waals surface area (Å²) in [4.78, 5) is 20.4. The van der Waals surface area contributed by atoms with Crippen molar-refractivity contribution in [2.24, 2.45) is 0 Å². The highest BCUT2D eigenvalue weighted by molar-refractivity contribution is 5.93. The average molecular weight is 405 g/mol. The summed E-state index contributed by atoms with van der Waals surface area (Å²) in [5.41, 5.74) is 2.19. The number of amides is 1. The Labute approximate surface area is 179 Å². The maximum absolute atomic E-state index is 12.9. The van der Waals surface area contributed by atoms with Crippen molar-refractivity contribution in [3.05, 3.63) is 66.2 Å². The van der Waals surface area contributed by atoms with Crippen molar-refractivity contribution in [2.45, 2.75) is 43.8 Å². The molecule has 5 rings (SSSR count). The molecule has 158 valence electrons. The Morgan fingerprint density at radius 3 is 2.17 bits per heavy atom. The molecule has 3 fully saturated rings. The Bertz CT molecular complexity index is 840. The van der Waals surface area contributed by atoms with Gasteiger partial charge >= 0.3 is 0 Å². The third-order valence-corrected chi connectivity index (χ3v) is 7.35. The van der Waals surface area contributed by atoms with Gasteiger partial charge in [0.05, 0.1) is 6.67 Å². The lowest BCUT2D eigenvalue weighted by Gasteiger charge is -2.47. The van der Waals surface area contributed by atoms with Crippen LogP contribution < -0.4 is 10.2 Å². The Balaban J connectivity index is 1.18. The maximum Gasteiger partial charge on any atom is 0.247 e. The predicted octanol–water partition coefficient (Wildman–Crippen LogP) is 3.08. The Morgan fingerprint density at radius 1 is 0.867 bits per heavy atom. The summed E-state index contributed by atoms with van der Waals surface area (Å²) in [6.45, 7) is 6.04. The molecule has 0 unspecified atom stereocenters. The van der Waals surface area contributed by atoms with Gasteiger partial charge in [-0.1, -0.05) is 48.5 Å². The number of carbonyl (C=O) groups excluding carboxylic acids is 1. The van der Waals surface area contributed by atoms with E-state index in [4.69, 9.17) is 0 Å². The van der Waals surface area contributed by atoms with E-state index in [0.717, 1.165) is 51.3 Å². The van der Waals surface area contributed by atoms with E-state index in [1.54, 1.807) is 0 Å². The smallest absolute Gasteiger partial charge is 0.247 e. The number of hydrogen-bond donors (Lipinski definition) is 1. The van der Waals surface area contributed by atoms with Crippen LogP contribution in [-0.2, 0) is 11.3 Å². The van der Waals surface area contributed by atoms with Crippen LogP contribution in [0.15, 0.2) is 60.7 Å². The van der Waals surface area contributed by atoms with Gasteiger partial charge in [-0.25, -0.2) is 0 Å². The van der Waals surface area contributed by atoms with Gasteiger partial charge < -0.3 is 15.1 Å². The average Bonchev–Trinajstić information content (AvgIpc) is 3.12. The predicted molar refractivity (Wildman–Crippen MR) is 120 cm³/mol. The molecule has 3 aliphatic heterocycles. The number of nitrogens with zero attached hydrogens (tertiary/aromatic N) is 3. The van der Waals surface area contributed by atoms with Gasteiger partial charge in [0.25, 0.3) is 0 Å². The molecule has 0 aromatic heterocycles. The lowest BCUT2D eigenvalue weighted by Crippen LogP contribution is -2.58. The second-order valence-corrected chi connectivity index (χ2v) is 8.99. The van der Waals surface area contributed by atoms with Crippen molar-refractivity contribution < 1.29 is 4.79 Å². The third kappa shape index (κ3) is 3.72. The molecule has 1 amide bonds. The zero-order valence-electron chi connectivity index (χ0n) is 17.7. The van der Waals surface area contributed by atoms with Gasteiger partial charge in [0.2, 0.25) is 5.91 Å². The summed E-state index contributed by atoms with van der Waals surface area (Å²) < 4.78 is 0. The molecular formula is C25H32N4O. The highest BCUT2D eigenvalue weighted by atomic mass is 16.2. The van der Waals surface area contributed by atoms with Crippen LogP contribution in [0, 0.1) is 0 Å². The van der Waals surface area contributed by atoms with E-state index in [-0.39, 0.29) is 11.4 Å². The number of anilines is 1. The monoisotopic (exact) mass is 404 g/mol. The van der Waals surface area contributed by atoms with E-state index >= 15 is 0 Å². The van der Waals surface area contributed by atoms with Gasteiger partial charge in [0, 0.05) is 31.4 Å². The number of rotatable bonds is 4. The number of para-hydroxylation sites is 1. The summed E-state index contributed by atoms with van der Waals surface area (Å²) in [5.74, 6) is 0.212. The lowest BCUT2D eigenvalue weighted by atomic mass is 9.84. The van der Waals surface area contributed by atoms with Crippen LogP contribution in [0.4, 0.5) is 5.69 Å². The van der Waals surface area contributed by atoms with Gasteiger partial charge in [-0.05, 0) is 56.5 Å². The first-order chi connectivity index (χ1) is 14.7. The quantitative estimate of drug-likeness (QED) is 0.850. The summed E-state index contributed by atoms with van der Waals surface area (Å²) >= 11 is 0. The Morgan fingerprint density at radius 2 is 1.50 bits per heavy atom. The van der Waals surface area contributed by atoms with Crippen LogP contribution in [0.3, 0.4) is 0 Å². The van der Waals surface area contributed by atoms with Crippen LogP contribution in [0.1, 0.15) is 31.2 Å². The summed E-state index contributed by atoms with van der Waals surface area (Å²) in [5, 5.41) is 3.11. The van der Waals surface area contributed by atoms with E-state index in [2.05, 4.69) is 74.6 Å². The van der Waals surface area contributed by atoms with Crippen molar-refractivity contribution >= 4 is 11.6 Å². The zero-order chi connectivity index (χ0) is 20.4. The third-order valence-electron chi connectivity index (χ3n) is 7.35. The molecule has 5 heteroatoms. The molecule has 0 bridgehead atoms. The van der Waals surface area contributed by atoms with Crippen molar-refractivity contribution in [1.29, 1.82) is 0 Å². The molecule has 3 heterocycles. The van der Waals surface area contributed by atoms with Gasteiger partial charge in [-0.15, -0.1) is 0 Å². The molecule has 0 saturated carbocycles. The molecule has 0 aliphatic carbocycles. The number of likely N-dealkylation sites (tertiary alicyclic amines) is 2. The fourth-order valence-electron chi connectivity index (χ4n) is 5.58. The largest absolute Gasteiger partial charge is 0.339 e. The molecule has 0 atom stereocenters. The molecule has 2 aromatic rings. The van der Waals surface area contributed by atoms with E-state index in [0.29, 0.717) is 12.7 Å². The van der Waals surface area contributed by atoms with Crippen molar-refractivity contribution in [2.75, 3.05) is 37.7 Å². The number of carbonyl (C=O) groups is 1. The van der Waals surface area contributed by atoms with Crippen molar-refractivity contribution in [3.8, 4) is 0 Å². The minimum Gasteiger partial charge on any atom is -0.339 e. The summed E-state index contributed by atoms with van der Waals surface area (Å²) in [7, 11) is 0. The molecule has 1 N–H and O–H groups in total. The second kappa shape index (κ2) is 8.40. The molecular weight excluding hydrogens is 372 g/mol. The van der Waals surface area contributed by atoms with Crippen LogP contribution >= 0.6 is 0 Å². The number of piperidine rings is 2. The first-order valence-electron chi connectivity index (χ1n) is 11.4. The zero-order valence-corrected chi connectivity index (χ0v) is 17.7. The van der Waals surface area contributed by atoms with Crippen LogP contribution in [0.5, 0.6) is 0 Å². The molecule has 2 aromatic carbocycles. The fourth-order valence-corrected chi connectivity index (χ4v) is 5.58. The Kier molecular flexibility index (Phi) is 5.48. The minimum atomic E-state index is -0.369. The van der Waals surface area contributed by atoms with E-state index in [1.807, 2.05) is 6.07 Å². The molecule has 5 nitrogen and oxygen atoms in total. The van der Waals surface area contributed by atoms with E-state index in [9.17, 15) is 4.79 Å². The molecule has 1 spiro atoms. The normalized spacial score (nSPS) is 23.1. The second-order valence-electron chi connectivity index (χ2n) is 8.99. The lowest BCUT2D eigenvalue weighted by molar-refractivity contribution is -0.125. The van der Waals surface area contributed by atoms with E-state index < -0.39 is 0 Å². The summed E-state index contributed by atoms with van der Waals surface area (Å²) in [6, 6.07) is 21.8. The van der Waals surface area contributed by atoms with Crippen LogP contribution in [-0.4, -0.2) is 60.1 Å².